The van der Waals surface area contributed by atoms with E-state index in [0.717, 1.165) is 0 Å². The minimum Gasteiger partial charge on any atom is -0.369 e. The highest BCUT2D eigenvalue weighted by molar-refractivity contribution is 9.10. The van der Waals surface area contributed by atoms with Crippen LogP contribution in [0, 0.1) is 0 Å². The van der Waals surface area contributed by atoms with Gasteiger partial charge in [-0.25, -0.2) is 4.98 Å². The Kier molecular flexibility index (Phi) is 2.02. The number of carbonyl (C=O) groups excluding carboxylic acids is 1. The Morgan fingerprint density at radius 2 is 2.38 bits per heavy atom. The Labute approximate surface area is 87.1 Å². The van der Waals surface area contributed by atoms with Crippen LogP contribution in [0.4, 0.5) is 0 Å². The van der Waals surface area contributed by atoms with Crippen molar-refractivity contribution >= 4 is 33.4 Å². The molecule has 68 valence electrons. The van der Waals surface area contributed by atoms with Gasteiger partial charge in [-0.2, -0.15) is 0 Å². The van der Waals surface area contributed by atoms with Gasteiger partial charge in [0, 0.05) is 11.8 Å². The first kappa shape index (κ1) is 8.93. The molecule has 0 saturated heterocycles. The van der Waals surface area contributed by atoms with Gasteiger partial charge in [0.05, 0.1) is 10.6 Å². The fraction of sp³-hybridized carbons (Fsp3) is 0.143. The molecule has 1 aromatic rings. The van der Waals surface area contributed by atoms with Crippen LogP contribution in [-0.2, 0) is 0 Å². The van der Waals surface area contributed by atoms with Crippen molar-refractivity contribution in [2.75, 3.05) is 0 Å². The number of fused-ring (bicyclic) bond motifs is 1. The summed E-state index contributed by atoms with van der Waals surface area (Å²) in [7, 11) is 0. The summed E-state index contributed by atoms with van der Waals surface area (Å²) in [4.78, 5) is 15.1. The van der Waals surface area contributed by atoms with Gasteiger partial charge in [-0.1, -0.05) is 11.6 Å². The van der Waals surface area contributed by atoms with Crippen LogP contribution in [0.25, 0.3) is 0 Å². The minimum atomic E-state index is -1.03. The third kappa shape index (κ3) is 1.23. The maximum absolute atomic E-state index is 11.2. The van der Waals surface area contributed by atoms with Crippen LogP contribution in [0.5, 0.6) is 0 Å². The van der Waals surface area contributed by atoms with Gasteiger partial charge in [-0.15, -0.1) is 0 Å². The molecular formula is C7H4BrClN2O2. The molecule has 1 aliphatic heterocycles. The number of aliphatic hydroxyl groups is 1. The summed E-state index contributed by atoms with van der Waals surface area (Å²) in [5.74, 6) is -0.371. The fourth-order valence-electron chi connectivity index (χ4n) is 1.23. The molecule has 4 nitrogen and oxygen atoms in total. The summed E-state index contributed by atoms with van der Waals surface area (Å²) in [6.07, 6.45) is 0.350. The fourth-order valence-corrected chi connectivity index (χ4v) is 1.97. The molecule has 1 unspecified atom stereocenters. The number of aliphatic hydroxyl groups excluding tert-OH is 1. The molecule has 0 spiro atoms. The third-order valence-corrected chi connectivity index (χ3v) is 2.69. The van der Waals surface area contributed by atoms with Gasteiger partial charge in [0.25, 0.3) is 5.91 Å². The van der Waals surface area contributed by atoms with Crippen LogP contribution in [0.2, 0.25) is 5.02 Å². The lowest BCUT2D eigenvalue weighted by Crippen LogP contribution is -2.18. The van der Waals surface area contributed by atoms with E-state index in [9.17, 15) is 9.90 Å². The summed E-state index contributed by atoms with van der Waals surface area (Å²) >= 11 is 8.87. The van der Waals surface area contributed by atoms with Crippen LogP contribution in [0.15, 0.2) is 10.8 Å². The number of halogens is 2. The first-order valence-corrected chi connectivity index (χ1v) is 4.61. The molecule has 1 aliphatic rings. The molecule has 0 bridgehead atoms. The molecule has 0 fully saturated rings. The van der Waals surface area contributed by atoms with E-state index >= 15 is 0 Å². The molecule has 0 aromatic carbocycles. The zero-order valence-corrected chi connectivity index (χ0v) is 8.56. The highest BCUT2D eigenvalue weighted by Crippen LogP contribution is 2.33. The van der Waals surface area contributed by atoms with Crippen molar-refractivity contribution in [2.45, 2.75) is 6.23 Å². The second kappa shape index (κ2) is 2.94. The van der Waals surface area contributed by atoms with Gasteiger partial charge in [0.2, 0.25) is 0 Å². The second-order valence-electron chi connectivity index (χ2n) is 2.56. The van der Waals surface area contributed by atoms with Crippen LogP contribution in [-0.4, -0.2) is 16.0 Å². The van der Waals surface area contributed by atoms with E-state index in [0.29, 0.717) is 15.7 Å². The van der Waals surface area contributed by atoms with Crippen LogP contribution in [0.1, 0.15) is 22.1 Å². The van der Waals surface area contributed by atoms with Crippen molar-refractivity contribution in [1.29, 1.82) is 0 Å². The SMILES string of the molecule is O=C1NC(O)c2c(Cl)cnc(Br)c21. The summed E-state index contributed by atoms with van der Waals surface area (Å²) in [5, 5.41) is 12.0. The maximum atomic E-state index is 11.2. The molecular weight excluding hydrogens is 259 g/mol. The minimum absolute atomic E-state index is 0.282. The molecule has 1 atom stereocenters. The average molecular weight is 263 g/mol. The number of rotatable bonds is 0. The van der Waals surface area contributed by atoms with Crippen molar-refractivity contribution in [3.8, 4) is 0 Å². The second-order valence-corrected chi connectivity index (χ2v) is 3.72. The number of carbonyl (C=O) groups is 1. The Balaban J connectivity index is 2.74. The van der Waals surface area contributed by atoms with Crippen molar-refractivity contribution < 1.29 is 9.90 Å². The Morgan fingerprint density at radius 1 is 1.69 bits per heavy atom. The molecule has 0 radical (unpaired) electrons. The Hall–Kier alpha value is -0.650. The Bertz CT molecular complexity index is 396. The summed E-state index contributed by atoms with van der Waals surface area (Å²) < 4.78 is 0.390. The molecule has 13 heavy (non-hydrogen) atoms. The zero-order chi connectivity index (χ0) is 9.59. The number of hydrogen-bond acceptors (Lipinski definition) is 3. The highest BCUT2D eigenvalue weighted by Gasteiger charge is 2.31. The van der Waals surface area contributed by atoms with Gasteiger partial charge in [-0.3, -0.25) is 4.79 Å². The zero-order valence-electron chi connectivity index (χ0n) is 6.21. The topological polar surface area (TPSA) is 62.2 Å². The molecule has 2 heterocycles. The van der Waals surface area contributed by atoms with Crippen molar-refractivity contribution in [1.82, 2.24) is 10.3 Å². The number of amides is 1. The van der Waals surface area contributed by atoms with Gasteiger partial charge in [0.1, 0.15) is 4.60 Å². The molecule has 1 aromatic heterocycles. The molecule has 1 amide bonds. The van der Waals surface area contributed by atoms with E-state index in [1.54, 1.807) is 0 Å². The summed E-state index contributed by atoms with van der Waals surface area (Å²) in [5.41, 5.74) is 0.688. The van der Waals surface area contributed by atoms with E-state index in [1.807, 2.05) is 0 Å². The number of pyridine rings is 1. The molecule has 6 heteroatoms. The van der Waals surface area contributed by atoms with Crippen LogP contribution in [0.3, 0.4) is 0 Å². The van der Waals surface area contributed by atoms with Crippen LogP contribution < -0.4 is 5.32 Å². The summed E-state index contributed by atoms with van der Waals surface area (Å²) in [6, 6.07) is 0. The largest absolute Gasteiger partial charge is 0.369 e. The van der Waals surface area contributed by atoms with Crippen molar-refractivity contribution in [3.63, 3.8) is 0 Å². The number of aromatic nitrogens is 1. The maximum Gasteiger partial charge on any atom is 0.256 e. The predicted octanol–water partition coefficient (Wildman–Crippen LogP) is 1.23. The van der Waals surface area contributed by atoms with Crippen molar-refractivity contribution in [3.05, 3.63) is 26.9 Å². The first-order chi connectivity index (χ1) is 6.11. The number of nitrogens with zero attached hydrogens (tertiary/aromatic N) is 1. The lowest BCUT2D eigenvalue weighted by molar-refractivity contribution is 0.0850. The van der Waals surface area contributed by atoms with Crippen LogP contribution >= 0.6 is 27.5 Å². The number of hydrogen-bond donors (Lipinski definition) is 2. The van der Waals surface area contributed by atoms with E-state index in [4.69, 9.17) is 11.6 Å². The van der Waals surface area contributed by atoms with Crippen molar-refractivity contribution in [2.24, 2.45) is 0 Å². The number of nitrogens with one attached hydrogen (secondary N) is 1. The molecule has 2 N–H and O–H groups in total. The third-order valence-electron chi connectivity index (χ3n) is 1.79. The first-order valence-electron chi connectivity index (χ1n) is 3.44. The monoisotopic (exact) mass is 262 g/mol. The lowest BCUT2D eigenvalue weighted by Gasteiger charge is -2.04. The smallest absolute Gasteiger partial charge is 0.256 e. The van der Waals surface area contributed by atoms with E-state index in [1.165, 1.54) is 6.20 Å². The average Bonchev–Trinajstić information content (AvgIpc) is 2.36. The normalized spacial score (nSPS) is 19.9. The van der Waals surface area contributed by atoms with Gasteiger partial charge in [0.15, 0.2) is 6.23 Å². The van der Waals surface area contributed by atoms with Gasteiger partial charge >= 0.3 is 0 Å². The molecule has 2 rings (SSSR count). The quantitative estimate of drug-likeness (QED) is 0.692. The Morgan fingerprint density at radius 3 is 3.00 bits per heavy atom. The lowest BCUT2D eigenvalue weighted by atomic mass is 10.2. The van der Waals surface area contributed by atoms with E-state index in [2.05, 4.69) is 26.2 Å². The predicted molar refractivity (Wildman–Crippen MR) is 49.4 cm³/mol. The molecule has 0 saturated carbocycles. The molecule has 0 aliphatic carbocycles. The van der Waals surface area contributed by atoms with Gasteiger partial charge in [-0.05, 0) is 15.9 Å². The van der Waals surface area contributed by atoms with E-state index in [-0.39, 0.29) is 10.9 Å². The van der Waals surface area contributed by atoms with E-state index < -0.39 is 6.23 Å². The summed E-state index contributed by atoms with van der Waals surface area (Å²) in [6.45, 7) is 0. The van der Waals surface area contributed by atoms with Gasteiger partial charge < -0.3 is 10.4 Å². The standard InChI is InChI=1S/C7H4BrClN2O2/c8-5-4-3(2(9)1-10-5)6(12)11-7(4)13/h1,6,12H,(H,11,13). The highest BCUT2D eigenvalue weighted by atomic mass is 79.9.